The number of rotatable bonds is 5. The van der Waals surface area contributed by atoms with E-state index in [0.717, 1.165) is 0 Å². The minimum Gasteiger partial charge on any atom is -0.492 e. The van der Waals surface area contributed by atoms with Gasteiger partial charge in [-0.1, -0.05) is 36.1 Å². The van der Waals surface area contributed by atoms with Gasteiger partial charge < -0.3 is 15.4 Å². The highest BCUT2D eigenvalue weighted by Crippen LogP contribution is 2.26. The summed E-state index contributed by atoms with van der Waals surface area (Å²) >= 11 is 6.10. The molecule has 106 valence electrons. The first kappa shape index (κ1) is 14.8. The summed E-state index contributed by atoms with van der Waals surface area (Å²) in [5.41, 5.74) is 0.602. The minimum atomic E-state index is -0.457. The fourth-order valence-electron chi connectivity index (χ4n) is 1.75. The number of para-hydroxylation sites is 2. The standard InChI is InChI=1S/C13H14N2O3S2/c1-2-18-9-6-4-3-5-8(9)14-11(16)7-10-12(17)15-13(19)20-10/h3-6,10H,2,7H2,1H3,(H,14,16)(H,15,17,19)/t10-/m1/s1. The molecular formula is C13H14N2O3S2. The molecule has 2 rings (SSSR count). The molecule has 1 heterocycles. The Labute approximate surface area is 126 Å². The first-order valence-corrected chi connectivity index (χ1v) is 7.42. The number of carbonyl (C=O) groups excluding carboxylic acids is 2. The Kier molecular flexibility index (Phi) is 4.97. The van der Waals surface area contributed by atoms with Gasteiger partial charge >= 0.3 is 0 Å². The van der Waals surface area contributed by atoms with Crippen molar-refractivity contribution in [3.63, 3.8) is 0 Å². The largest absolute Gasteiger partial charge is 0.492 e. The molecule has 1 aromatic carbocycles. The van der Waals surface area contributed by atoms with Gasteiger partial charge in [0.25, 0.3) is 0 Å². The van der Waals surface area contributed by atoms with Gasteiger partial charge in [0.2, 0.25) is 11.8 Å². The molecule has 1 aromatic rings. The number of hydrogen-bond donors (Lipinski definition) is 2. The quantitative estimate of drug-likeness (QED) is 0.814. The second-order valence-corrected chi connectivity index (χ2v) is 5.94. The summed E-state index contributed by atoms with van der Waals surface area (Å²) in [5, 5.41) is 4.82. The fraction of sp³-hybridized carbons (Fsp3) is 0.308. The molecule has 1 fully saturated rings. The zero-order valence-corrected chi connectivity index (χ0v) is 12.5. The van der Waals surface area contributed by atoms with Crippen molar-refractivity contribution < 1.29 is 14.3 Å². The smallest absolute Gasteiger partial charge is 0.239 e. The summed E-state index contributed by atoms with van der Waals surface area (Å²) in [6.45, 7) is 2.39. The van der Waals surface area contributed by atoms with Crippen LogP contribution in [0.3, 0.4) is 0 Å². The van der Waals surface area contributed by atoms with Crippen LogP contribution in [0.5, 0.6) is 5.75 Å². The van der Waals surface area contributed by atoms with E-state index in [2.05, 4.69) is 10.6 Å². The number of carbonyl (C=O) groups is 2. The zero-order chi connectivity index (χ0) is 14.5. The van der Waals surface area contributed by atoms with E-state index in [1.54, 1.807) is 12.1 Å². The number of nitrogens with one attached hydrogen (secondary N) is 2. The molecule has 0 saturated carbocycles. The van der Waals surface area contributed by atoms with Gasteiger partial charge in [0.1, 0.15) is 10.1 Å². The van der Waals surface area contributed by atoms with Crippen molar-refractivity contribution in [2.75, 3.05) is 11.9 Å². The van der Waals surface area contributed by atoms with Gasteiger partial charge in [0.15, 0.2) is 0 Å². The van der Waals surface area contributed by atoms with Gasteiger partial charge in [0.05, 0.1) is 17.5 Å². The van der Waals surface area contributed by atoms with Gasteiger partial charge in [-0.25, -0.2) is 0 Å². The molecule has 2 amide bonds. The Morgan fingerprint density at radius 3 is 2.90 bits per heavy atom. The van der Waals surface area contributed by atoms with E-state index in [0.29, 0.717) is 22.4 Å². The van der Waals surface area contributed by atoms with Crippen LogP contribution in [0.1, 0.15) is 13.3 Å². The molecule has 1 atom stereocenters. The third kappa shape index (κ3) is 3.71. The molecular weight excluding hydrogens is 296 g/mol. The van der Waals surface area contributed by atoms with Gasteiger partial charge in [-0.15, -0.1) is 0 Å². The second-order valence-electron chi connectivity index (χ2n) is 4.06. The number of ether oxygens (including phenoxy) is 1. The van der Waals surface area contributed by atoms with Crippen molar-refractivity contribution in [2.24, 2.45) is 0 Å². The predicted molar refractivity (Wildman–Crippen MR) is 83.0 cm³/mol. The maximum atomic E-state index is 12.0. The van der Waals surface area contributed by atoms with Crippen LogP contribution < -0.4 is 15.4 Å². The highest BCUT2D eigenvalue weighted by atomic mass is 32.2. The molecule has 0 aromatic heterocycles. The Hall–Kier alpha value is -1.60. The number of thioether (sulfide) groups is 1. The molecule has 5 nitrogen and oxygen atoms in total. The van der Waals surface area contributed by atoms with Crippen molar-refractivity contribution in [2.45, 2.75) is 18.6 Å². The van der Waals surface area contributed by atoms with Crippen LogP contribution in [0, 0.1) is 0 Å². The second kappa shape index (κ2) is 6.71. The van der Waals surface area contributed by atoms with E-state index in [1.807, 2.05) is 19.1 Å². The number of thiocarbonyl (C=S) groups is 1. The predicted octanol–water partition coefficient (Wildman–Crippen LogP) is 1.93. The van der Waals surface area contributed by atoms with E-state index in [-0.39, 0.29) is 18.2 Å². The maximum Gasteiger partial charge on any atom is 0.239 e. The van der Waals surface area contributed by atoms with Crippen LogP contribution in [-0.4, -0.2) is 28.0 Å². The molecule has 7 heteroatoms. The molecule has 2 N–H and O–H groups in total. The normalized spacial score (nSPS) is 17.8. The lowest BCUT2D eigenvalue weighted by atomic mass is 10.2. The molecule has 1 saturated heterocycles. The molecule has 1 aliphatic rings. The van der Waals surface area contributed by atoms with Gasteiger partial charge in [-0.05, 0) is 19.1 Å². The van der Waals surface area contributed by atoms with E-state index in [9.17, 15) is 9.59 Å². The highest BCUT2D eigenvalue weighted by molar-refractivity contribution is 8.24. The van der Waals surface area contributed by atoms with Gasteiger partial charge in [0, 0.05) is 6.42 Å². The van der Waals surface area contributed by atoms with Crippen molar-refractivity contribution >= 4 is 45.8 Å². The van der Waals surface area contributed by atoms with E-state index in [1.165, 1.54) is 11.8 Å². The molecule has 0 unspecified atom stereocenters. The molecule has 0 radical (unpaired) electrons. The Balaban J connectivity index is 1.98. The number of benzene rings is 1. The van der Waals surface area contributed by atoms with Crippen molar-refractivity contribution in [1.29, 1.82) is 0 Å². The number of hydrogen-bond acceptors (Lipinski definition) is 5. The summed E-state index contributed by atoms with van der Waals surface area (Å²) in [6.07, 6.45) is 0.0805. The fourth-order valence-corrected chi connectivity index (χ4v) is 3.02. The lowest BCUT2D eigenvalue weighted by Gasteiger charge is -2.12. The van der Waals surface area contributed by atoms with Crippen LogP contribution in [0.2, 0.25) is 0 Å². The lowest BCUT2D eigenvalue weighted by molar-refractivity contribution is -0.122. The van der Waals surface area contributed by atoms with Crippen LogP contribution >= 0.6 is 24.0 Å². The van der Waals surface area contributed by atoms with Crippen molar-refractivity contribution in [3.8, 4) is 5.75 Å². The summed E-state index contributed by atoms with van der Waals surface area (Å²) in [6, 6.07) is 7.18. The first-order valence-electron chi connectivity index (χ1n) is 6.13. The maximum absolute atomic E-state index is 12.0. The van der Waals surface area contributed by atoms with Crippen LogP contribution in [-0.2, 0) is 9.59 Å². The molecule has 1 aliphatic heterocycles. The monoisotopic (exact) mass is 310 g/mol. The molecule has 0 bridgehead atoms. The Bertz CT molecular complexity index is 548. The number of anilines is 1. The number of amides is 2. The third-order valence-electron chi connectivity index (χ3n) is 2.60. The van der Waals surface area contributed by atoms with Crippen molar-refractivity contribution in [1.82, 2.24) is 5.32 Å². The van der Waals surface area contributed by atoms with Crippen LogP contribution in [0.25, 0.3) is 0 Å². The van der Waals surface area contributed by atoms with Gasteiger partial charge in [-0.3, -0.25) is 9.59 Å². The van der Waals surface area contributed by atoms with E-state index < -0.39 is 5.25 Å². The van der Waals surface area contributed by atoms with Crippen LogP contribution in [0.15, 0.2) is 24.3 Å². The molecule has 20 heavy (non-hydrogen) atoms. The van der Waals surface area contributed by atoms with Crippen LogP contribution in [0.4, 0.5) is 5.69 Å². The van der Waals surface area contributed by atoms with Gasteiger partial charge in [-0.2, -0.15) is 0 Å². The zero-order valence-electron chi connectivity index (χ0n) is 10.8. The topological polar surface area (TPSA) is 67.4 Å². The summed E-state index contributed by atoms with van der Waals surface area (Å²) in [5.74, 6) is 0.158. The average molecular weight is 310 g/mol. The lowest BCUT2D eigenvalue weighted by Crippen LogP contribution is -2.27. The highest BCUT2D eigenvalue weighted by Gasteiger charge is 2.31. The van der Waals surface area contributed by atoms with Crippen molar-refractivity contribution in [3.05, 3.63) is 24.3 Å². The summed E-state index contributed by atoms with van der Waals surface area (Å²) < 4.78 is 5.85. The molecule has 0 aliphatic carbocycles. The molecule has 0 spiro atoms. The summed E-state index contributed by atoms with van der Waals surface area (Å²) in [4.78, 5) is 23.5. The summed E-state index contributed by atoms with van der Waals surface area (Å²) in [7, 11) is 0. The average Bonchev–Trinajstić information content (AvgIpc) is 2.70. The third-order valence-corrected chi connectivity index (χ3v) is 3.97. The Morgan fingerprint density at radius 2 is 2.25 bits per heavy atom. The minimum absolute atomic E-state index is 0.0805. The first-order chi connectivity index (χ1) is 9.60. The van der Waals surface area contributed by atoms with E-state index in [4.69, 9.17) is 17.0 Å². The SMILES string of the molecule is CCOc1ccccc1NC(=O)C[C@H]1SC(=S)NC1=O. The Morgan fingerprint density at radius 1 is 1.50 bits per heavy atom. The van der Waals surface area contributed by atoms with E-state index >= 15 is 0 Å².